The average Bonchev–Trinajstić information content (AvgIpc) is 2.75. The molecule has 0 aliphatic carbocycles. The number of hydrogen-bond acceptors (Lipinski definition) is 4. The number of hydrazine groups is 1. The summed E-state index contributed by atoms with van der Waals surface area (Å²) in [6.45, 7) is 0.909. The molecule has 3 nitrogen and oxygen atoms in total. The summed E-state index contributed by atoms with van der Waals surface area (Å²) in [5, 5.41) is 0. The van der Waals surface area contributed by atoms with E-state index in [0.717, 1.165) is 19.4 Å². The quantitative estimate of drug-likeness (QED) is 0.648. The van der Waals surface area contributed by atoms with Crippen LogP contribution in [0.4, 0.5) is 0 Å². The van der Waals surface area contributed by atoms with Crippen LogP contribution in [-0.2, 0) is 11.2 Å². The second-order valence-electron chi connectivity index (χ2n) is 4.50. The van der Waals surface area contributed by atoms with E-state index in [-0.39, 0.29) is 0 Å². The molecule has 2 heterocycles. The summed E-state index contributed by atoms with van der Waals surface area (Å²) in [6.07, 6.45) is 6.03. The number of ether oxygens (including phenoxy) is 1. The molecule has 1 saturated heterocycles. The molecule has 1 aliphatic rings. The summed E-state index contributed by atoms with van der Waals surface area (Å²) in [7, 11) is 0. The van der Waals surface area contributed by atoms with E-state index in [1.54, 1.807) is 11.3 Å². The van der Waals surface area contributed by atoms with Crippen molar-refractivity contribution in [3.05, 3.63) is 20.8 Å². The van der Waals surface area contributed by atoms with E-state index in [9.17, 15) is 0 Å². The van der Waals surface area contributed by atoms with Crippen molar-refractivity contribution in [3.8, 4) is 0 Å². The maximum absolute atomic E-state index is 5.75. The third-order valence-electron chi connectivity index (χ3n) is 3.13. The fourth-order valence-electron chi connectivity index (χ4n) is 2.23. The highest BCUT2D eigenvalue weighted by atomic mass is 79.9. The van der Waals surface area contributed by atoms with E-state index in [4.69, 9.17) is 10.6 Å². The minimum atomic E-state index is 0.309. The minimum Gasteiger partial charge on any atom is -0.378 e. The minimum absolute atomic E-state index is 0.309. The van der Waals surface area contributed by atoms with Crippen LogP contribution in [0.2, 0.25) is 0 Å². The molecule has 17 heavy (non-hydrogen) atoms. The van der Waals surface area contributed by atoms with Crippen molar-refractivity contribution >= 4 is 27.3 Å². The molecule has 1 aromatic heterocycles. The molecule has 96 valence electrons. The molecule has 2 unspecified atom stereocenters. The van der Waals surface area contributed by atoms with Gasteiger partial charge >= 0.3 is 0 Å². The van der Waals surface area contributed by atoms with Crippen LogP contribution in [0, 0.1) is 0 Å². The molecule has 2 rings (SSSR count). The van der Waals surface area contributed by atoms with E-state index in [0.29, 0.717) is 12.1 Å². The van der Waals surface area contributed by atoms with E-state index in [2.05, 4.69) is 33.5 Å². The number of thiophene rings is 1. The standard InChI is InChI=1S/C12H19BrN2OS/c13-12-5-4-11(17-12)8-9(15-14)7-10-3-1-2-6-16-10/h4-5,9-10,15H,1-3,6-8,14H2. The lowest BCUT2D eigenvalue weighted by Gasteiger charge is -2.26. The smallest absolute Gasteiger partial charge is 0.0701 e. The van der Waals surface area contributed by atoms with Crippen LogP contribution in [0.1, 0.15) is 30.6 Å². The van der Waals surface area contributed by atoms with Crippen molar-refractivity contribution in [1.82, 2.24) is 5.43 Å². The zero-order valence-corrected chi connectivity index (χ0v) is 12.2. The molecule has 2 atom stereocenters. The van der Waals surface area contributed by atoms with Gasteiger partial charge in [0.05, 0.1) is 9.89 Å². The monoisotopic (exact) mass is 318 g/mol. The summed E-state index contributed by atoms with van der Waals surface area (Å²) in [5.74, 6) is 5.63. The van der Waals surface area contributed by atoms with Gasteiger partial charge in [0.25, 0.3) is 0 Å². The molecule has 1 aliphatic heterocycles. The lowest BCUT2D eigenvalue weighted by molar-refractivity contribution is 0.00528. The molecule has 1 fully saturated rings. The van der Waals surface area contributed by atoms with E-state index >= 15 is 0 Å². The first-order chi connectivity index (χ1) is 8.28. The average molecular weight is 319 g/mol. The zero-order chi connectivity index (χ0) is 12.1. The summed E-state index contributed by atoms with van der Waals surface area (Å²) >= 11 is 5.26. The number of nitrogens with two attached hydrogens (primary N) is 1. The highest BCUT2D eigenvalue weighted by Gasteiger charge is 2.19. The molecular weight excluding hydrogens is 300 g/mol. The summed E-state index contributed by atoms with van der Waals surface area (Å²) in [4.78, 5) is 1.36. The van der Waals surface area contributed by atoms with E-state index in [1.807, 2.05) is 0 Å². The van der Waals surface area contributed by atoms with Crippen LogP contribution in [0.5, 0.6) is 0 Å². The molecule has 3 N–H and O–H groups in total. The van der Waals surface area contributed by atoms with E-state index < -0.39 is 0 Å². The second kappa shape index (κ2) is 6.85. The van der Waals surface area contributed by atoms with Crippen LogP contribution < -0.4 is 11.3 Å². The lowest BCUT2D eigenvalue weighted by atomic mass is 10.00. The Morgan fingerprint density at radius 2 is 2.41 bits per heavy atom. The van der Waals surface area contributed by atoms with Gasteiger partial charge in [0.15, 0.2) is 0 Å². The van der Waals surface area contributed by atoms with Crippen molar-refractivity contribution in [2.75, 3.05) is 6.61 Å². The highest BCUT2D eigenvalue weighted by Crippen LogP contribution is 2.25. The first kappa shape index (κ1) is 13.5. The fourth-order valence-corrected chi connectivity index (χ4v) is 3.79. The Balaban J connectivity index is 1.83. The van der Waals surface area contributed by atoms with Gasteiger partial charge in [0.2, 0.25) is 0 Å². The summed E-state index contributed by atoms with van der Waals surface area (Å²) < 4.78 is 6.93. The largest absolute Gasteiger partial charge is 0.378 e. The fraction of sp³-hybridized carbons (Fsp3) is 0.667. The number of halogens is 1. The lowest BCUT2D eigenvalue weighted by Crippen LogP contribution is -2.40. The molecule has 0 aromatic carbocycles. The number of hydrogen-bond donors (Lipinski definition) is 2. The number of nitrogens with one attached hydrogen (secondary N) is 1. The Kier molecular flexibility index (Phi) is 5.44. The Hall–Kier alpha value is 0.0600. The van der Waals surface area contributed by atoms with Gasteiger partial charge in [-0.1, -0.05) is 0 Å². The van der Waals surface area contributed by atoms with Crippen LogP contribution in [0.15, 0.2) is 15.9 Å². The van der Waals surface area contributed by atoms with Gasteiger partial charge in [0.1, 0.15) is 0 Å². The van der Waals surface area contributed by atoms with Gasteiger partial charge in [-0.3, -0.25) is 11.3 Å². The highest BCUT2D eigenvalue weighted by molar-refractivity contribution is 9.11. The zero-order valence-electron chi connectivity index (χ0n) is 9.82. The van der Waals surface area contributed by atoms with Crippen LogP contribution in [0.25, 0.3) is 0 Å². The SMILES string of the molecule is NNC(Cc1ccc(Br)s1)CC1CCCCO1. The molecule has 0 amide bonds. The predicted molar refractivity (Wildman–Crippen MR) is 75.0 cm³/mol. The molecule has 1 aromatic rings. The van der Waals surface area contributed by atoms with E-state index in [1.165, 1.54) is 27.9 Å². The Labute approximate surface area is 115 Å². The van der Waals surface area contributed by atoms with Gasteiger partial charge in [-0.15, -0.1) is 11.3 Å². The summed E-state index contributed by atoms with van der Waals surface area (Å²) in [5.41, 5.74) is 2.92. The molecule has 5 heteroatoms. The van der Waals surface area contributed by atoms with Crippen molar-refractivity contribution in [3.63, 3.8) is 0 Å². The Morgan fingerprint density at radius 3 is 3.00 bits per heavy atom. The van der Waals surface area contributed by atoms with Crippen molar-refractivity contribution in [2.24, 2.45) is 5.84 Å². The third-order valence-corrected chi connectivity index (χ3v) is 4.78. The topological polar surface area (TPSA) is 47.3 Å². The molecule has 0 saturated carbocycles. The maximum atomic E-state index is 5.75. The molecule has 0 radical (unpaired) electrons. The van der Waals surface area contributed by atoms with Crippen molar-refractivity contribution in [2.45, 2.75) is 44.2 Å². The Morgan fingerprint density at radius 1 is 1.53 bits per heavy atom. The first-order valence-electron chi connectivity index (χ1n) is 6.10. The molecule has 0 spiro atoms. The van der Waals surface area contributed by atoms with Crippen LogP contribution >= 0.6 is 27.3 Å². The normalized spacial score (nSPS) is 22.6. The first-order valence-corrected chi connectivity index (χ1v) is 7.71. The predicted octanol–water partition coefficient (Wildman–Crippen LogP) is 2.84. The molecular formula is C12H19BrN2OS. The molecule has 0 bridgehead atoms. The maximum Gasteiger partial charge on any atom is 0.0701 e. The van der Waals surface area contributed by atoms with Crippen LogP contribution in [0.3, 0.4) is 0 Å². The van der Waals surface area contributed by atoms with Gasteiger partial charge in [-0.05, 0) is 60.2 Å². The summed E-state index contributed by atoms with van der Waals surface area (Å²) in [6, 6.07) is 4.55. The number of rotatable bonds is 5. The second-order valence-corrected chi connectivity index (χ2v) is 7.05. The van der Waals surface area contributed by atoms with Gasteiger partial charge in [-0.25, -0.2) is 0 Å². The van der Waals surface area contributed by atoms with Crippen LogP contribution in [-0.4, -0.2) is 18.8 Å². The van der Waals surface area contributed by atoms with Gasteiger partial charge in [0, 0.05) is 17.5 Å². The third kappa shape index (κ3) is 4.34. The van der Waals surface area contributed by atoms with Gasteiger partial charge < -0.3 is 4.74 Å². The van der Waals surface area contributed by atoms with Gasteiger partial charge in [-0.2, -0.15) is 0 Å². The van der Waals surface area contributed by atoms with Crippen molar-refractivity contribution < 1.29 is 4.74 Å². The van der Waals surface area contributed by atoms with Crippen molar-refractivity contribution in [1.29, 1.82) is 0 Å². The Bertz CT molecular complexity index is 339.